The van der Waals surface area contributed by atoms with Gasteiger partial charge in [0.05, 0.1) is 4.90 Å². The summed E-state index contributed by atoms with van der Waals surface area (Å²) in [6.45, 7) is 9.65. The molecule has 1 saturated heterocycles. The highest BCUT2D eigenvalue weighted by Gasteiger charge is 2.45. The van der Waals surface area contributed by atoms with Crippen molar-refractivity contribution in [3.63, 3.8) is 0 Å². The Balaban J connectivity index is 1.91. The molecule has 2 atom stereocenters. The van der Waals surface area contributed by atoms with Gasteiger partial charge in [0.2, 0.25) is 15.9 Å². The van der Waals surface area contributed by atoms with E-state index in [1.54, 1.807) is 16.4 Å². The minimum absolute atomic E-state index is 0.0261. The zero-order chi connectivity index (χ0) is 24.8. The number of hydrogen-bond acceptors (Lipinski definition) is 3. The van der Waals surface area contributed by atoms with Crippen LogP contribution in [0.2, 0.25) is 0 Å². The van der Waals surface area contributed by atoms with Crippen LogP contribution in [-0.4, -0.2) is 38.3 Å². The summed E-state index contributed by atoms with van der Waals surface area (Å²) in [6.07, 6.45) is 4.42. The van der Waals surface area contributed by atoms with Gasteiger partial charge in [0.1, 0.15) is 0 Å². The summed E-state index contributed by atoms with van der Waals surface area (Å²) in [5, 5.41) is 2.91. The first kappa shape index (κ1) is 26.4. The second kappa shape index (κ2) is 11.5. The van der Waals surface area contributed by atoms with Gasteiger partial charge in [0, 0.05) is 26.6 Å². The number of hydrogen-bond donors (Lipinski definition) is 1. The van der Waals surface area contributed by atoms with Gasteiger partial charge in [-0.25, -0.2) is 8.42 Å². The van der Waals surface area contributed by atoms with Crippen molar-refractivity contribution in [1.82, 2.24) is 9.62 Å². The molecule has 0 unspecified atom stereocenters. The lowest BCUT2D eigenvalue weighted by Crippen LogP contribution is -2.52. The Bertz CT molecular complexity index is 1040. The fraction of sp³-hybridized carbons (Fsp3) is 0.536. The number of rotatable bonds is 10. The van der Waals surface area contributed by atoms with Crippen molar-refractivity contribution >= 4 is 15.9 Å². The molecular weight excluding hydrogens is 444 g/mol. The summed E-state index contributed by atoms with van der Waals surface area (Å²) in [4.78, 5) is 11.8. The van der Waals surface area contributed by atoms with Gasteiger partial charge in [0.15, 0.2) is 0 Å². The van der Waals surface area contributed by atoms with Crippen LogP contribution in [0.3, 0.4) is 0 Å². The van der Waals surface area contributed by atoms with Crippen molar-refractivity contribution in [2.45, 2.75) is 70.6 Å². The van der Waals surface area contributed by atoms with Gasteiger partial charge in [-0.3, -0.25) is 4.79 Å². The molecule has 1 heterocycles. The lowest BCUT2D eigenvalue weighted by molar-refractivity contribution is -0.119. The molecule has 6 heteroatoms. The van der Waals surface area contributed by atoms with E-state index in [1.165, 1.54) is 12.5 Å². The molecule has 1 fully saturated rings. The van der Waals surface area contributed by atoms with Gasteiger partial charge in [-0.15, -0.1) is 0 Å². The normalized spacial score (nSPS) is 21.5. The smallest absolute Gasteiger partial charge is 0.243 e. The Morgan fingerprint density at radius 3 is 2.38 bits per heavy atom. The van der Waals surface area contributed by atoms with E-state index in [1.807, 2.05) is 18.2 Å². The standard InChI is InChI=1S/C28H40N2O3S/c1-5-26-16-19-30(34(32,33)27-14-12-25(13-15-27)22(2)3)21-28(26,17-9-18-29-23(4)31)20-24-10-7-6-8-11-24/h6-8,10-15,22,26H,5,9,16-21H2,1-4H3,(H,29,31)/t26-,28+/m1/s1. The van der Waals surface area contributed by atoms with E-state index in [9.17, 15) is 13.2 Å². The van der Waals surface area contributed by atoms with Crippen molar-refractivity contribution in [1.29, 1.82) is 0 Å². The van der Waals surface area contributed by atoms with E-state index in [2.05, 4.69) is 50.4 Å². The molecule has 34 heavy (non-hydrogen) atoms. The quantitative estimate of drug-likeness (QED) is 0.461. The van der Waals surface area contributed by atoms with Crippen LogP contribution in [0.1, 0.15) is 70.4 Å². The molecule has 1 amide bonds. The molecule has 3 rings (SSSR count). The van der Waals surface area contributed by atoms with Crippen LogP contribution in [0.25, 0.3) is 0 Å². The fourth-order valence-electron chi connectivity index (χ4n) is 5.46. The maximum Gasteiger partial charge on any atom is 0.243 e. The first-order valence-corrected chi connectivity index (χ1v) is 14.0. The maximum absolute atomic E-state index is 13.7. The third kappa shape index (κ3) is 6.28. The summed E-state index contributed by atoms with van der Waals surface area (Å²) in [5.74, 6) is 0.765. The Morgan fingerprint density at radius 1 is 1.12 bits per heavy atom. The topological polar surface area (TPSA) is 66.5 Å². The molecule has 1 aliphatic rings. The van der Waals surface area contributed by atoms with E-state index in [0.29, 0.717) is 36.4 Å². The van der Waals surface area contributed by atoms with Crippen LogP contribution in [0, 0.1) is 11.3 Å². The molecule has 0 aromatic heterocycles. The number of sulfonamides is 1. The molecule has 2 aromatic rings. The lowest BCUT2D eigenvalue weighted by Gasteiger charge is -2.48. The van der Waals surface area contributed by atoms with Gasteiger partial charge in [-0.05, 0) is 66.2 Å². The van der Waals surface area contributed by atoms with Crippen molar-refractivity contribution in [3.8, 4) is 0 Å². The predicted octanol–water partition coefficient (Wildman–Crippen LogP) is 5.38. The van der Waals surface area contributed by atoms with Gasteiger partial charge >= 0.3 is 0 Å². The molecule has 1 N–H and O–H groups in total. The van der Waals surface area contributed by atoms with Crippen LogP contribution in [0.4, 0.5) is 0 Å². The van der Waals surface area contributed by atoms with Crippen LogP contribution in [0.15, 0.2) is 59.5 Å². The number of piperidine rings is 1. The Labute approximate surface area is 206 Å². The van der Waals surface area contributed by atoms with Gasteiger partial charge < -0.3 is 5.32 Å². The Hall–Kier alpha value is -2.18. The molecular formula is C28H40N2O3S. The van der Waals surface area contributed by atoms with E-state index < -0.39 is 10.0 Å². The summed E-state index contributed by atoms with van der Waals surface area (Å²) in [5.41, 5.74) is 2.21. The summed E-state index contributed by atoms with van der Waals surface area (Å²) >= 11 is 0. The van der Waals surface area contributed by atoms with E-state index >= 15 is 0 Å². The third-order valence-electron chi connectivity index (χ3n) is 7.39. The maximum atomic E-state index is 13.7. The second-order valence-electron chi connectivity index (χ2n) is 10.1. The van der Waals surface area contributed by atoms with Crippen molar-refractivity contribution in [2.75, 3.05) is 19.6 Å². The molecule has 2 aromatic carbocycles. The Kier molecular flexibility index (Phi) is 8.94. The lowest BCUT2D eigenvalue weighted by atomic mass is 9.64. The largest absolute Gasteiger partial charge is 0.356 e. The average molecular weight is 485 g/mol. The minimum atomic E-state index is -3.58. The molecule has 0 radical (unpaired) electrons. The predicted molar refractivity (Wildman–Crippen MR) is 138 cm³/mol. The van der Waals surface area contributed by atoms with Crippen LogP contribution in [0.5, 0.6) is 0 Å². The second-order valence-corrected chi connectivity index (χ2v) is 12.0. The highest BCUT2D eigenvalue weighted by Crippen LogP contribution is 2.45. The monoisotopic (exact) mass is 484 g/mol. The average Bonchev–Trinajstić information content (AvgIpc) is 2.82. The number of benzene rings is 2. The Morgan fingerprint density at radius 2 is 1.79 bits per heavy atom. The number of amides is 1. The van der Waals surface area contributed by atoms with Crippen LogP contribution >= 0.6 is 0 Å². The zero-order valence-corrected chi connectivity index (χ0v) is 21.9. The highest BCUT2D eigenvalue weighted by atomic mass is 32.2. The van der Waals surface area contributed by atoms with Gasteiger partial charge in [-0.1, -0.05) is 69.7 Å². The van der Waals surface area contributed by atoms with E-state index in [0.717, 1.165) is 37.7 Å². The first-order valence-electron chi connectivity index (χ1n) is 12.6. The molecule has 186 valence electrons. The van der Waals surface area contributed by atoms with Gasteiger partial charge in [0.25, 0.3) is 0 Å². The molecule has 1 aliphatic heterocycles. The highest BCUT2D eigenvalue weighted by molar-refractivity contribution is 7.89. The number of carbonyl (C=O) groups is 1. The third-order valence-corrected chi connectivity index (χ3v) is 9.25. The molecule has 0 saturated carbocycles. The summed E-state index contributed by atoms with van der Waals surface area (Å²) < 4.78 is 29.1. The van der Waals surface area contributed by atoms with E-state index in [-0.39, 0.29) is 11.3 Å². The molecule has 0 bridgehead atoms. The molecule has 0 spiro atoms. The van der Waals surface area contributed by atoms with Crippen molar-refractivity contribution < 1.29 is 13.2 Å². The van der Waals surface area contributed by atoms with Gasteiger partial charge in [-0.2, -0.15) is 4.31 Å². The van der Waals surface area contributed by atoms with E-state index in [4.69, 9.17) is 0 Å². The number of carbonyl (C=O) groups excluding carboxylic acids is 1. The molecule has 0 aliphatic carbocycles. The van der Waals surface area contributed by atoms with Crippen LogP contribution in [-0.2, 0) is 21.2 Å². The first-order chi connectivity index (χ1) is 16.2. The number of nitrogens with one attached hydrogen (secondary N) is 1. The SMILES string of the molecule is CC[C@@H]1CCN(S(=O)(=O)c2ccc(C(C)C)cc2)C[C@]1(CCCNC(C)=O)Cc1ccccc1. The van der Waals surface area contributed by atoms with Crippen LogP contribution < -0.4 is 5.32 Å². The van der Waals surface area contributed by atoms with Crippen molar-refractivity contribution in [3.05, 3.63) is 65.7 Å². The minimum Gasteiger partial charge on any atom is -0.356 e. The summed E-state index contributed by atoms with van der Waals surface area (Å²) in [6, 6.07) is 17.8. The fourth-order valence-corrected chi connectivity index (χ4v) is 7.01. The zero-order valence-electron chi connectivity index (χ0n) is 21.1. The number of nitrogens with zero attached hydrogens (tertiary/aromatic N) is 1. The summed E-state index contributed by atoms with van der Waals surface area (Å²) in [7, 11) is -3.58. The molecule has 5 nitrogen and oxygen atoms in total. The van der Waals surface area contributed by atoms with Crippen molar-refractivity contribution in [2.24, 2.45) is 11.3 Å².